The third kappa shape index (κ3) is 6.65. The number of benzene rings is 4. The molecule has 58 heavy (non-hydrogen) atoms. The summed E-state index contributed by atoms with van der Waals surface area (Å²) in [6.45, 7) is 19.8. The van der Waals surface area contributed by atoms with E-state index < -0.39 is 0 Å². The summed E-state index contributed by atoms with van der Waals surface area (Å²) >= 11 is 2.38. The molecule has 3 aromatic heterocycles. The van der Waals surface area contributed by atoms with Crippen LogP contribution in [0.2, 0.25) is 0 Å². The molecule has 0 amide bonds. The zero-order valence-electron chi connectivity index (χ0n) is 34.7. The van der Waals surface area contributed by atoms with Crippen LogP contribution < -0.4 is 0 Å². The van der Waals surface area contributed by atoms with Crippen molar-refractivity contribution in [1.29, 1.82) is 0 Å². The Kier molecular flexibility index (Phi) is 9.47. The van der Waals surface area contributed by atoms with Crippen LogP contribution in [0.1, 0.15) is 72.8 Å². The maximum Gasteiger partial charge on any atom is 0.0737 e. The van der Waals surface area contributed by atoms with Crippen LogP contribution in [0.5, 0.6) is 0 Å². The van der Waals surface area contributed by atoms with E-state index >= 15 is 0 Å². The number of H-pyrrole nitrogens is 2. The van der Waals surface area contributed by atoms with Crippen molar-refractivity contribution in [2.45, 2.75) is 62.3 Å². The summed E-state index contributed by atoms with van der Waals surface area (Å²) < 4.78 is 1.20. The second-order valence-corrected chi connectivity index (χ2v) is 17.6. The van der Waals surface area contributed by atoms with Gasteiger partial charge in [0.15, 0.2) is 0 Å². The van der Waals surface area contributed by atoms with Gasteiger partial charge in [-0.25, -0.2) is 9.97 Å². The number of halogens is 1. The summed E-state index contributed by atoms with van der Waals surface area (Å²) in [5.74, 6) is 0. The number of hydrogen-bond acceptors (Lipinski definition) is 2. The van der Waals surface area contributed by atoms with E-state index in [0.29, 0.717) is 0 Å². The Morgan fingerprint density at radius 2 is 0.776 bits per heavy atom. The molecule has 2 aliphatic heterocycles. The van der Waals surface area contributed by atoms with Gasteiger partial charge in [-0.3, -0.25) is 0 Å². The van der Waals surface area contributed by atoms with Crippen molar-refractivity contribution >= 4 is 69.0 Å². The maximum absolute atomic E-state index is 5.63. The number of aryl methyl sites for hydroxylation is 9. The molecule has 0 atom stereocenters. The standard InChI is InChI=1S/C53H47IN4/c1-28-20-31(4)48(32(5)21-28)51-41-15-14-39(55-41)26-46-40(37-10-12-38(54)13-11-37)27-47(58-46)53(50-35(8)24-30(3)25-36(50)9)45-19-18-44(57-45)52(43-17-16-42(51)56-43)49-33(6)22-29(2)23-34(49)7/h10-27,56,58H,1-9H3. The van der Waals surface area contributed by atoms with Gasteiger partial charge in [0.1, 0.15) is 0 Å². The highest BCUT2D eigenvalue weighted by Gasteiger charge is 2.22. The van der Waals surface area contributed by atoms with Crippen LogP contribution in [0.25, 0.3) is 90.9 Å². The molecule has 5 heterocycles. The summed E-state index contributed by atoms with van der Waals surface area (Å²) in [4.78, 5) is 18.9. The normalized spacial score (nSPS) is 12.2. The largest absolute Gasteiger partial charge is 0.354 e. The monoisotopic (exact) mass is 866 g/mol. The molecule has 9 rings (SSSR count). The van der Waals surface area contributed by atoms with Gasteiger partial charge in [0.25, 0.3) is 0 Å². The minimum absolute atomic E-state index is 0.894. The van der Waals surface area contributed by atoms with Crippen LogP contribution in [0.4, 0.5) is 0 Å². The highest BCUT2D eigenvalue weighted by Crippen LogP contribution is 2.42. The molecule has 0 fully saturated rings. The fourth-order valence-electron chi connectivity index (χ4n) is 9.59. The van der Waals surface area contributed by atoms with Gasteiger partial charge in [-0.1, -0.05) is 65.2 Å². The Balaban J connectivity index is 1.52. The van der Waals surface area contributed by atoms with Crippen molar-refractivity contribution < 1.29 is 0 Å². The van der Waals surface area contributed by atoms with Crippen LogP contribution in [0, 0.1) is 65.9 Å². The first-order valence-electron chi connectivity index (χ1n) is 20.0. The molecule has 0 aliphatic carbocycles. The lowest BCUT2D eigenvalue weighted by atomic mass is 9.92. The van der Waals surface area contributed by atoms with E-state index in [-0.39, 0.29) is 0 Å². The van der Waals surface area contributed by atoms with Crippen molar-refractivity contribution in [3.63, 3.8) is 0 Å². The number of aromatic nitrogens is 4. The minimum atomic E-state index is 0.894. The Morgan fingerprint density at radius 1 is 0.379 bits per heavy atom. The fraction of sp³-hybridized carbons (Fsp3) is 0.170. The van der Waals surface area contributed by atoms with Gasteiger partial charge in [0.05, 0.1) is 22.8 Å². The van der Waals surface area contributed by atoms with Crippen molar-refractivity contribution in [3.05, 3.63) is 161 Å². The molecule has 0 unspecified atom stereocenters. The Labute approximate surface area is 355 Å². The molecule has 286 valence electrons. The molecule has 7 aromatic rings. The van der Waals surface area contributed by atoms with Crippen molar-refractivity contribution in [2.24, 2.45) is 0 Å². The molecule has 0 radical (unpaired) electrons. The van der Waals surface area contributed by atoms with Crippen LogP contribution in [-0.4, -0.2) is 19.9 Å². The third-order valence-corrected chi connectivity index (χ3v) is 12.4. The summed E-state index contributed by atoms with van der Waals surface area (Å²) in [6, 6.07) is 31.4. The number of hydrogen-bond donors (Lipinski definition) is 2. The summed E-state index contributed by atoms with van der Waals surface area (Å²) in [5.41, 5.74) is 27.9. The molecular weight excluding hydrogens is 820 g/mol. The third-order valence-electron chi connectivity index (χ3n) is 11.6. The number of rotatable bonds is 4. The molecule has 0 spiro atoms. The molecular formula is C53H47IN4. The van der Waals surface area contributed by atoms with Gasteiger partial charge in [-0.05, 0) is 201 Å². The van der Waals surface area contributed by atoms with Crippen LogP contribution in [0.3, 0.4) is 0 Å². The second-order valence-electron chi connectivity index (χ2n) is 16.4. The van der Waals surface area contributed by atoms with Gasteiger partial charge in [-0.2, -0.15) is 0 Å². The first-order chi connectivity index (χ1) is 27.8. The predicted octanol–water partition coefficient (Wildman–Crippen LogP) is 14.7. The van der Waals surface area contributed by atoms with E-state index in [1.165, 1.54) is 70.3 Å². The number of nitrogens with zero attached hydrogens (tertiary/aromatic N) is 2. The van der Waals surface area contributed by atoms with E-state index in [9.17, 15) is 0 Å². The minimum Gasteiger partial charge on any atom is -0.354 e. The summed E-state index contributed by atoms with van der Waals surface area (Å²) in [6.07, 6.45) is 8.74. The molecule has 0 saturated heterocycles. The number of aromatic amines is 2. The van der Waals surface area contributed by atoms with Gasteiger partial charge in [-0.15, -0.1) is 0 Å². The zero-order valence-corrected chi connectivity index (χ0v) is 36.8. The van der Waals surface area contributed by atoms with E-state index in [0.717, 1.165) is 72.7 Å². The molecule has 0 saturated carbocycles. The highest BCUT2D eigenvalue weighted by molar-refractivity contribution is 14.1. The first-order valence-corrected chi connectivity index (χ1v) is 21.1. The molecule has 4 nitrogen and oxygen atoms in total. The highest BCUT2D eigenvalue weighted by atomic mass is 127. The second kappa shape index (κ2) is 14.5. The maximum atomic E-state index is 5.63. The molecule has 2 N–H and O–H groups in total. The Morgan fingerprint density at radius 3 is 1.24 bits per heavy atom. The Hall–Kier alpha value is -5.79. The SMILES string of the molecule is Cc1cc(C)c(-c2c3nc(c(-c4c(C)cc(C)cc4C)c4ccc([nH]4)c(-c4c(C)cc(C)cc4C)c4nc(cc5[nH]c2cc5-c2ccc(I)cc2)C=C4)C=C3)c(C)c1. The van der Waals surface area contributed by atoms with Gasteiger partial charge >= 0.3 is 0 Å². The van der Waals surface area contributed by atoms with Crippen molar-refractivity contribution in [3.8, 4) is 44.5 Å². The topological polar surface area (TPSA) is 57.4 Å². The molecule has 4 aromatic carbocycles. The lowest BCUT2D eigenvalue weighted by Crippen LogP contribution is -1.95. The van der Waals surface area contributed by atoms with Gasteiger partial charge < -0.3 is 9.97 Å². The predicted molar refractivity (Wildman–Crippen MR) is 256 cm³/mol. The van der Waals surface area contributed by atoms with E-state index in [1.807, 2.05) is 0 Å². The Bertz CT molecular complexity index is 3030. The number of nitrogens with one attached hydrogen (secondary N) is 2. The summed E-state index contributed by atoms with van der Waals surface area (Å²) in [7, 11) is 0. The lowest BCUT2D eigenvalue weighted by Gasteiger charge is -2.14. The first kappa shape index (κ1) is 37.8. The van der Waals surface area contributed by atoms with Crippen molar-refractivity contribution in [1.82, 2.24) is 19.9 Å². The van der Waals surface area contributed by atoms with E-state index in [4.69, 9.17) is 9.97 Å². The molecule has 2 aliphatic rings. The summed E-state index contributed by atoms with van der Waals surface area (Å²) in [5, 5.41) is 0. The van der Waals surface area contributed by atoms with Gasteiger partial charge in [0, 0.05) is 47.9 Å². The van der Waals surface area contributed by atoms with Crippen LogP contribution in [0.15, 0.2) is 84.9 Å². The molecule has 8 bridgehead atoms. The van der Waals surface area contributed by atoms with Gasteiger partial charge in [0.2, 0.25) is 0 Å². The lowest BCUT2D eigenvalue weighted by molar-refractivity contribution is 1.27. The average molecular weight is 867 g/mol. The van der Waals surface area contributed by atoms with E-state index in [1.54, 1.807) is 0 Å². The quantitative estimate of drug-likeness (QED) is 0.173. The van der Waals surface area contributed by atoms with E-state index in [2.05, 4.69) is 204 Å². The van der Waals surface area contributed by atoms with Crippen molar-refractivity contribution in [2.75, 3.05) is 0 Å². The fourth-order valence-corrected chi connectivity index (χ4v) is 9.95. The number of fused-ring (bicyclic) bond motifs is 8. The van der Waals surface area contributed by atoms with Crippen LogP contribution >= 0.6 is 22.6 Å². The smallest absolute Gasteiger partial charge is 0.0737 e. The molecule has 5 heteroatoms. The zero-order chi connectivity index (χ0) is 40.6. The average Bonchev–Trinajstić information content (AvgIpc) is 3.98. The van der Waals surface area contributed by atoms with Crippen LogP contribution in [-0.2, 0) is 0 Å².